The van der Waals surface area contributed by atoms with Crippen molar-refractivity contribution in [3.8, 4) is 5.75 Å². The molecule has 0 spiro atoms. The summed E-state index contributed by atoms with van der Waals surface area (Å²) in [6.07, 6.45) is 7.79. The van der Waals surface area contributed by atoms with Gasteiger partial charge >= 0.3 is 0 Å². The molecule has 0 bridgehead atoms. The zero-order chi connectivity index (χ0) is 15.7. The molecule has 1 N–H and O–H groups in total. The second-order valence-corrected chi connectivity index (χ2v) is 6.64. The van der Waals surface area contributed by atoms with Crippen LogP contribution >= 0.6 is 0 Å². The lowest BCUT2D eigenvalue weighted by molar-refractivity contribution is -0.111. The minimum atomic E-state index is -3.05. The van der Waals surface area contributed by atoms with Crippen molar-refractivity contribution in [3.05, 3.63) is 48.6 Å². The first-order valence-electron chi connectivity index (χ1n) is 6.41. The maximum Gasteiger partial charge on any atom is 0.248 e. The monoisotopic (exact) mass is 309 g/mol. The number of rotatable bonds is 7. The van der Waals surface area contributed by atoms with Gasteiger partial charge in [0, 0.05) is 24.1 Å². The van der Waals surface area contributed by atoms with E-state index in [4.69, 9.17) is 4.74 Å². The average Bonchev–Trinajstić information content (AvgIpc) is 2.38. The van der Waals surface area contributed by atoms with E-state index in [0.29, 0.717) is 11.4 Å². The van der Waals surface area contributed by atoms with E-state index in [0.717, 1.165) is 6.26 Å². The maximum atomic E-state index is 11.6. The van der Waals surface area contributed by atoms with Gasteiger partial charge in [0.1, 0.15) is 12.4 Å². The van der Waals surface area contributed by atoms with Gasteiger partial charge in [0.25, 0.3) is 0 Å². The van der Waals surface area contributed by atoms with Crippen molar-refractivity contribution < 1.29 is 17.9 Å². The minimum Gasteiger partial charge on any atom is -0.492 e. The van der Waals surface area contributed by atoms with Crippen molar-refractivity contribution in [2.24, 2.45) is 0 Å². The lowest BCUT2D eigenvalue weighted by Gasteiger charge is -2.07. The lowest BCUT2D eigenvalue weighted by atomic mass is 10.3. The summed E-state index contributed by atoms with van der Waals surface area (Å²) in [6.45, 7) is 1.94. The molecule has 0 atom stereocenters. The summed E-state index contributed by atoms with van der Waals surface area (Å²) in [5, 5.41) is 2.69. The second kappa shape index (κ2) is 8.26. The van der Waals surface area contributed by atoms with Crippen molar-refractivity contribution in [1.82, 2.24) is 0 Å². The molecular formula is C15H19NO4S. The van der Waals surface area contributed by atoms with Crippen LogP contribution in [0.4, 0.5) is 5.69 Å². The van der Waals surface area contributed by atoms with Crippen LogP contribution in [0.1, 0.15) is 6.92 Å². The Labute approximate surface area is 125 Å². The fourth-order valence-electron chi connectivity index (χ4n) is 1.41. The maximum absolute atomic E-state index is 11.6. The number of ether oxygens (including phenoxy) is 1. The first kappa shape index (κ1) is 17.0. The van der Waals surface area contributed by atoms with Crippen molar-refractivity contribution in [2.75, 3.05) is 23.9 Å². The van der Waals surface area contributed by atoms with E-state index in [1.807, 2.05) is 13.0 Å². The molecule has 1 rings (SSSR count). The van der Waals surface area contributed by atoms with Gasteiger partial charge in [-0.15, -0.1) is 0 Å². The third-order valence-corrected chi connectivity index (χ3v) is 3.28. The SMILES string of the molecule is CC=CC=CC(=O)Nc1cccc(OCCS(C)(=O)=O)c1. The fourth-order valence-corrected chi connectivity index (χ4v) is 1.80. The summed E-state index contributed by atoms with van der Waals surface area (Å²) in [6, 6.07) is 6.79. The lowest BCUT2D eigenvalue weighted by Crippen LogP contribution is -2.12. The number of amides is 1. The molecule has 0 fully saturated rings. The quantitative estimate of drug-likeness (QED) is 0.619. The van der Waals surface area contributed by atoms with E-state index in [2.05, 4.69) is 5.32 Å². The number of carbonyl (C=O) groups is 1. The molecule has 1 aromatic rings. The van der Waals surface area contributed by atoms with Gasteiger partial charge in [0.15, 0.2) is 9.84 Å². The Balaban J connectivity index is 2.58. The van der Waals surface area contributed by atoms with E-state index >= 15 is 0 Å². The zero-order valence-corrected chi connectivity index (χ0v) is 12.9. The van der Waals surface area contributed by atoms with E-state index in [1.54, 1.807) is 36.4 Å². The summed E-state index contributed by atoms with van der Waals surface area (Å²) in [5.41, 5.74) is 0.585. The minimum absolute atomic E-state index is 0.0460. The predicted molar refractivity (Wildman–Crippen MR) is 84.2 cm³/mol. The highest BCUT2D eigenvalue weighted by molar-refractivity contribution is 7.90. The van der Waals surface area contributed by atoms with Gasteiger partial charge in [-0.05, 0) is 19.1 Å². The van der Waals surface area contributed by atoms with Crippen LogP contribution in [0.3, 0.4) is 0 Å². The first-order valence-corrected chi connectivity index (χ1v) is 8.48. The van der Waals surface area contributed by atoms with Crippen molar-refractivity contribution in [3.63, 3.8) is 0 Å². The third-order valence-electron chi connectivity index (χ3n) is 2.38. The molecule has 0 aliphatic rings. The first-order chi connectivity index (χ1) is 9.90. The molecule has 0 saturated heterocycles. The molecule has 0 heterocycles. The highest BCUT2D eigenvalue weighted by atomic mass is 32.2. The average molecular weight is 309 g/mol. The molecule has 114 valence electrons. The Morgan fingerprint density at radius 3 is 2.76 bits per heavy atom. The number of benzene rings is 1. The van der Waals surface area contributed by atoms with E-state index in [1.165, 1.54) is 6.08 Å². The predicted octanol–water partition coefficient (Wildman–Crippen LogP) is 2.18. The molecule has 21 heavy (non-hydrogen) atoms. The second-order valence-electron chi connectivity index (χ2n) is 4.38. The Morgan fingerprint density at radius 2 is 2.10 bits per heavy atom. The number of hydrogen-bond donors (Lipinski definition) is 1. The molecule has 5 nitrogen and oxygen atoms in total. The van der Waals surface area contributed by atoms with Gasteiger partial charge in [-0.1, -0.05) is 24.3 Å². The van der Waals surface area contributed by atoms with Crippen molar-refractivity contribution in [1.29, 1.82) is 0 Å². The number of anilines is 1. The number of hydrogen-bond acceptors (Lipinski definition) is 4. The summed E-state index contributed by atoms with van der Waals surface area (Å²) in [5.74, 6) is 0.214. The molecule has 0 aliphatic carbocycles. The number of sulfone groups is 1. The van der Waals surface area contributed by atoms with Crippen LogP contribution < -0.4 is 10.1 Å². The van der Waals surface area contributed by atoms with Crippen LogP contribution in [0.15, 0.2) is 48.6 Å². The summed E-state index contributed by atoms with van der Waals surface area (Å²) in [4.78, 5) is 11.6. The molecule has 0 aromatic heterocycles. The van der Waals surface area contributed by atoms with E-state index < -0.39 is 9.84 Å². The summed E-state index contributed by atoms with van der Waals surface area (Å²) < 4.78 is 27.4. The molecule has 0 radical (unpaired) electrons. The molecule has 0 unspecified atom stereocenters. The van der Waals surface area contributed by atoms with Gasteiger partial charge in [-0.2, -0.15) is 0 Å². The van der Waals surface area contributed by atoms with Crippen LogP contribution in [0.2, 0.25) is 0 Å². The largest absolute Gasteiger partial charge is 0.492 e. The van der Waals surface area contributed by atoms with E-state index in [9.17, 15) is 13.2 Å². The Kier molecular flexibility index (Phi) is 6.68. The van der Waals surface area contributed by atoms with Gasteiger partial charge in [-0.3, -0.25) is 4.79 Å². The number of allylic oxidation sites excluding steroid dienone is 3. The molecule has 1 amide bonds. The summed E-state index contributed by atoms with van der Waals surface area (Å²) in [7, 11) is -3.05. The van der Waals surface area contributed by atoms with Crippen LogP contribution in [0.5, 0.6) is 5.75 Å². The summed E-state index contributed by atoms with van der Waals surface area (Å²) >= 11 is 0. The highest BCUT2D eigenvalue weighted by Gasteiger charge is 2.04. The standard InChI is InChI=1S/C15H19NO4S/c1-3-4-5-9-15(17)16-13-7-6-8-14(12-13)20-10-11-21(2,18)19/h3-9,12H,10-11H2,1-2H3,(H,16,17). The third kappa shape index (κ3) is 7.94. The highest BCUT2D eigenvalue weighted by Crippen LogP contribution is 2.17. The Bertz CT molecular complexity index is 633. The topological polar surface area (TPSA) is 72.5 Å². The smallest absolute Gasteiger partial charge is 0.248 e. The molecule has 1 aromatic carbocycles. The van der Waals surface area contributed by atoms with E-state index in [-0.39, 0.29) is 18.3 Å². The Morgan fingerprint density at radius 1 is 1.33 bits per heavy atom. The van der Waals surface area contributed by atoms with Gasteiger partial charge in [0.2, 0.25) is 5.91 Å². The van der Waals surface area contributed by atoms with Gasteiger partial charge < -0.3 is 10.1 Å². The fraction of sp³-hybridized carbons (Fsp3) is 0.267. The van der Waals surface area contributed by atoms with Crippen LogP contribution in [-0.4, -0.2) is 32.9 Å². The molecule has 0 saturated carbocycles. The van der Waals surface area contributed by atoms with Crippen LogP contribution in [0, 0.1) is 0 Å². The number of nitrogens with one attached hydrogen (secondary N) is 1. The normalized spacial score (nSPS) is 11.9. The molecule has 0 aliphatic heterocycles. The van der Waals surface area contributed by atoms with Crippen LogP contribution in [0.25, 0.3) is 0 Å². The van der Waals surface area contributed by atoms with Crippen molar-refractivity contribution in [2.45, 2.75) is 6.92 Å². The molecule has 6 heteroatoms. The Hall–Kier alpha value is -2.08. The van der Waals surface area contributed by atoms with Gasteiger partial charge in [-0.25, -0.2) is 8.42 Å². The molecular weight excluding hydrogens is 290 g/mol. The zero-order valence-electron chi connectivity index (χ0n) is 12.1. The van der Waals surface area contributed by atoms with Crippen LogP contribution in [-0.2, 0) is 14.6 Å². The van der Waals surface area contributed by atoms with Gasteiger partial charge in [0.05, 0.1) is 5.75 Å². The van der Waals surface area contributed by atoms with Crippen molar-refractivity contribution >= 4 is 21.4 Å². The number of carbonyl (C=O) groups excluding carboxylic acids is 1.